The summed E-state index contributed by atoms with van der Waals surface area (Å²) in [6.45, 7) is 1.30. The van der Waals surface area contributed by atoms with Gasteiger partial charge in [0.2, 0.25) is 0 Å². The summed E-state index contributed by atoms with van der Waals surface area (Å²) in [7, 11) is 0. The van der Waals surface area contributed by atoms with Gasteiger partial charge >= 0.3 is 0 Å². The third-order valence-electron chi connectivity index (χ3n) is 3.32. The standard InChI is InChI=1S/C16H15NO5/c18-17(19)13-6-7-15(14(10-13)16-20-8-9-21-16)22-11-12-4-2-1-3-5-12/h1-7,10,16H,8-9,11H2. The van der Waals surface area contributed by atoms with Gasteiger partial charge in [-0.25, -0.2) is 0 Å². The third kappa shape index (κ3) is 3.24. The van der Waals surface area contributed by atoms with E-state index in [1.54, 1.807) is 6.07 Å². The fourth-order valence-corrected chi connectivity index (χ4v) is 2.24. The summed E-state index contributed by atoms with van der Waals surface area (Å²) in [6, 6.07) is 14.1. The van der Waals surface area contributed by atoms with Crippen molar-refractivity contribution in [3.8, 4) is 5.75 Å². The van der Waals surface area contributed by atoms with Gasteiger partial charge in [0.15, 0.2) is 6.29 Å². The highest BCUT2D eigenvalue weighted by molar-refractivity contribution is 5.44. The second kappa shape index (κ2) is 6.55. The Kier molecular flexibility index (Phi) is 4.32. The van der Waals surface area contributed by atoms with Crippen LogP contribution in [0.25, 0.3) is 0 Å². The molecule has 0 radical (unpaired) electrons. The number of nitrogens with zero attached hydrogens (tertiary/aromatic N) is 1. The fourth-order valence-electron chi connectivity index (χ4n) is 2.24. The highest BCUT2D eigenvalue weighted by atomic mass is 16.7. The lowest BCUT2D eigenvalue weighted by Gasteiger charge is -2.15. The first-order valence-electron chi connectivity index (χ1n) is 6.92. The minimum absolute atomic E-state index is 0.0128. The molecule has 0 unspecified atom stereocenters. The van der Waals surface area contributed by atoms with E-state index in [0.717, 1.165) is 5.56 Å². The number of benzene rings is 2. The zero-order chi connectivity index (χ0) is 15.4. The lowest BCUT2D eigenvalue weighted by molar-refractivity contribution is -0.385. The zero-order valence-corrected chi connectivity index (χ0v) is 11.8. The van der Waals surface area contributed by atoms with Crippen molar-refractivity contribution in [1.29, 1.82) is 0 Å². The Hall–Kier alpha value is -2.44. The molecule has 1 aliphatic rings. The molecule has 22 heavy (non-hydrogen) atoms. The van der Waals surface area contributed by atoms with Crippen LogP contribution in [0.2, 0.25) is 0 Å². The molecule has 6 heteroatoms. The maximum absolute atomic E-state index is 10.9. The summed E-state index contributed by atoms with van der Waals surface area (Å²) in [5.41, 5.74) is 1.55. The predicted octanol–water partition coefficient (Wildman–Crippen LogP) is 3.22. The van der Waals surface area contributed by atoms with Crippen molar-refractivity contribution >= 4 is 5.69 Å². The molecule has 1 heterocycles. The van der Waals surface area contributed by atoms with Crippen LogP contribution >= 0.6 is 0 Å². The van der Waals surface area contributed by atoms with E-state index in [9.17, 15) is 10.1 Å². The lowest BCUT2D eigenvalue weighted by atomic mass is 10.1. The molecule has 0 bridgehead atoms. The fraction of sp³-hybridized carbons (Fsp3) is 0.250. The molecular formula is C16H15NO5. The van der Waals surface area contributed by atoms with E-state index < -0.39 is 11.2 Å². The minimum atomic E-state index is -0.620. The molecule has 1 aliphatic heterocycles. The number of non-ortho nitro benzene ring substituents is 1. The molecule has 6 nitrogen and oxygen atoms in total. The quantitative estimate of drug-likeness (QED) is 0.626. The predicted molar refractivity (Wildman–Crippen MR) is 78.5 cm³/mol. The van der Waals surface area contributed by atoms with Crippen LogP contribution in [-0.4, -0.2) is 18.1 Å². The van der Waals surface area contributed by atoms with Gasteiger partial charge in [0.25, 0.3) is 5.69 Å². The van der Waals surface area contributed by atoms with Gasteiger partial charge in [0, 0.05) is 12.1 Å². The number of hydrogen-bond acceptors (Lipinski definition) is 5. The summed E-state index contributed by atoms with van der Waals surface area (Å²) in [5, 5.41) is 10.9. The van der Waals surface area contributed by atoms with Crippen LogP contribution < -0.4 is 4.74 Å². The summed E-state index contributed by atoms with van der Waals surface area (Å²) in [4.78, 5) is 10.5. The summed E-state index contributed by atoms with van der Waals surface area (Å²) < 4.78 is 16.7. The Balaban J connectivity index is 1.83. The zero-order valence-electron chi connectivity index (χ0n) is 11.8. The van der Waals surface area contributed by atoms with Crippen molar-refractivity contribution in [3.05, 3.63) is 69.8 Å². The van der Waals surface area contributed by atoms with Crippen molar-refractivity contribution in [1.82, 2.24) is 0 Å². The molecule has 2 aromatic rings. The molecule has 0 atom stereocenters. The van der Waals surface area contributed by atoms with E-state index in [1.807, 2.05) is 30.3 Å². The van der Waals surface area contributed by atoms with Crippen LogP contribution in [0.3, 0.4) is 0 Å². The van der Waals surface area contributed by atoms with Gasteiger partial charge in [0.1, 0.15) is 12.4 Å². The van der Waals surface area contributed by atoms with E-state index in [2.05, 4.69) is 0 Å². The van der Waals surface area contributed by atoms with Crippen molar-refractivity contribution in [2.45, 2.75) is 12.9 Å². The van der Waals surface area contributed by atoms with Gasteiger partial charge in [-0.1, -0.05) is 30.3 Å². The average Bonchev–Trinajstić information content (AvgIpc) is 3.08. The average molecular weight is 301 g/mol. The van der Waals surface area contributed by atoms with Crippen molar-refractivity contribution in [3.63, 3.8) is 0 Å². The number of rotatable bonds is 5. The van der Waals surface area contributed by atoms with E-state index in [0.29, 0.717) is 31.1 Å². The molecule has 114 valence electrons. The van der Waals surface area contributed by atoms with Gasteiger partial charge in [0.05, 0.1) is 23.7 Å². The highest BCUT2D eigenvalue weighted by Gasteiger charge is 2.24. The molecular weight excluding hydrogens is 286 g/mol. The smallest absolute Gasteiger partial charge is 0.270 e. The molecule has 3 rings (SSSR count). The van der Waals surface area contributed by atoms with Crippen LogP contribution in [0, 0.1) is 10.1 Å². The third-order valence-corrected chi connectivity index (χ3v) is 3.32. The van der Waals surface area contributed by atoms with Gasteiger partial charge < -0.3 is 14.2 Å². The Morgan fingerprint density at radius 1 is 1.14 bits per heavy atom. The summed E-state index contributed by atoms with van der Waals surface area (Å²) in [6.07, 6.45) is -0.620. The molecule has 0 aliphatic carbocycles. The van der Waals surface area contributed by atoms with Crippen LogP contribution in [0.1, 0.15) is 17.4 Å². The molecule has 0 saturated carbocycles. The van der Waals surface area contributed by atoms with Crippen LogP contribution in [0.15, 0.2) is 48.5 Å². The van der Waals surface area contributed by atoms with Crippen molar-refractivity contribution in [2.24, 2.45) is 0 Å². The Bertz CT molecular complexity index is 653. The second-order valence-corrected chi connectivity index (χ2v) is 4.83. The van der Waals surface area contributed by atoms with Gasteiger partial charge in [-0.3, -0.25) is 10.1 Å². The first-order chi connectivity index (χ1) is 10.7. The van der Waals surface area contributed by atoms with Crippen LogP contribution in [-0.2, 0) is 16.1 Å². The van der Waals surface area contributed by atoms with E-state index in [1.165, 1.54) is 12.1 Å². The number of ether oxygens (including phenoxy) is 3. The molecule has 1 saturated heterocycles. The molecule has 0 N–H and O–H groups in total. The normalized spacial score (nSPS) is 14.9. The number of nitro groups is 1. The van der Waals surface area contributed by atoms with Crippen LogP contribution in [0.5, 0.6) is 5.75 Å². The highest BCUT2D eigenvalue weighted by Crippen LogP contribution is 2.34. The summed E-state index contributed by atoms with van der Waals surface area (Å²) in [5.74, 6) is 0.529. The Morgan fingerprint density at radius 2 is 1.86 bits per heavy atom. The van der Waals surface area contributed by atoms with Gasteiger partial charge in [-0.05, 0) is 11.6 Å². The first kappa shape index (κ1) is 14.5. The van der Waals surface area contributed by atoms with E-state index in [4.69, 9.17) is 14.2 Å². The monoisotopic (exact) mass is 301 g/mol. The SMILES string of the molecule is O=[N+]([O-])c1ccc(OCc2ccccc2)c(C2OCCO2)c1. The molecule has 0 spiro atoms. The minimum Gasteiger partial charge on any atom is -0.488 e. The van der Waals surface area contributed by atoms with Gasteiger partial charge in [-0.15, -0.1) is 0 Å². The molecule has 0 aromatic heterocycles. The second-order valence-electron chi connectivity index (χ2n) is 4.83. The maximum atomic E-state index is 10.9. The summed E-state index contributed by atoms with van der Waals surface area (Å²) >= 11 is 0. The number of hydrogen-bond donors (Lipinski definition) is 0. The topological polar surface area (TPSA) is 70.8 Å². The van der Waals surface area contributed by atoms with E-state index in [-0.39, 0.29) is 5.69 Å². The molecule has 0 amide bonds. The van der Waals surface area contributed by atoms with Gasteiger partial charge in [-0.2, -0.15) is 0 Å². The molecule has 1 fully saturated rings. The molecule has 2 aromatic carbocycles. The van der Waals surface area contributed by atoms with Crippen molar-refractivity contribution < 1.29 is 19.1 Å². The first-order valence-corrected chi connectivity index (χ1v) is 6.92. The van der Waals surface area contributed by atoms with E-state index >= 15 is 0 Å². The Morgan fingerprint density at radius 3 is 2.55 bits per heavy atom. The van der Waals surface area contributed by atoms with Crippen LogP contribution in [0.4, 0.5) is 5.69 Å². The number of nitro benzene ring substituents is 1. The lowest BCUT2D eigenvalue weighted by Crippen LogP contribution is -2.05. The maximum Gasteiger partial charge on any atom is 0.270 e. The Labute approximate surface area is 127 Å². The largest absolute Gasteiger partial charge is 0.488 e. The van der Waals surface area contributed by atoms with Crippen molar-refractivity contribution in [2.75, 3.05) is 13.2 Å².